The van der Waals surface area contributed by atoms with Crippen molar-refractivity contribution in [3.63, 3.8) is 0 Å². The summed E-state index contributed by atoms with van der Waals surface area (Å²) in [5.74, 6) is 0.391. The summed E-state index contributed by atoms with van der Waals surface area (Å²) in [5.41, 5.74) is 1.56. The van der Waals surface area contributed by atoms with Crippen LogP contribution in [0.1, 0.15) is 28.8 Å². The molecular formula is C22H23N5O3S. The lowest BCUT2D eigenvalue weighted by atomic mass is 9.90. The van der Waals surface area contributed by atoms with Crippen LogP contribution in [0.5, 0.6) is 0 Å². The molecule has 1 aliphatic heterocycles. The molecule has 1 amide bonds. The first-order valence-electron chi connectivity index (χ1n) is 10.1. The number of aromatic nitrogens is 3. The summed E-state index contributed by atoms with van der Waals surface area (Å²) in [4.78, 5) is 26.4. The largest absolute Gasteiger partial charge is 0.339 e. The highest BCUT2D eigenvalue weighted by atomic mass is 32.2. The average Bonchev–Trinajstić information content (AvgIpc) is 3.19. The fourth-order valence-corrected chi connectivity index (χ4v) is 4.66. The van der Waals surface area contributed by atoms with Crippen LogP contribution in [-0.4, -0.2) is 43.6 Å². The highest BCUT2D eigenvalue weighted by Crippen LogP contribution is 2.34. The van der Waals surface area contributed by atoms with Crippen molar-refractivity contribution < 1.29 is 9.72 Å². The van der Waals surface area contributed by atoms with Gasteiger partial charge in [-0.1, -0.05) is 30.3 Å². The molecule has 0 N–H and O–H groups in total. The number of likely N-dealkylation sites (tertiary alicyclic amines) is 1. The van der Waals surface area contributed by atoms with Crippen LogP contribution < -0.4 is 0 Å². The van der Waals surface area contributed by atoms with E-state index in [0.29, 0.717) is 34.6 Å². The zero-order chi connectivity index (χ0) is 21.8. The topological polar surface area (TPSA) is 94.2 Å². The van der Waals surface area contributed by atoms with Crippen molar-refractivity contribution in [2.24, 2.45) is 13.0 Å². The first-order valence-corrected chi connectivity index (χ1v) is 11.0. The summed E-state index contributed by atoms with van der Waals surface area (Å²) in [6.45, 7) is 1.33. The number of amides is 1. The molecule has 0 unspecified atom stereocenters. The van der Waals surface area contributed by atoms with Gasteiger partial charge in [-0.2, -0.15) is 0 Å². The number of nitro benzene ring substituents is 1. The van der Waals surface area contributed by atoms with Crippen LogP contribution in [0.15, 0.2) is 64.9 Å². The summed E-state index contributed by atoms with van der Waals surface area (Å²) in [6.07, 6.45) is 4.42. The third-order valence-electron chi connectivity index (χ3n) is 5.54. The van der Waals surface area contributed by atoms with E-state index in [1.54, 1.807) is 28.6 Å². The molecule has 0 aliphatic carbocycles. The van der Waals surface area contributed by atoms with E-state index < -0.39 is 4.92 Å². The molecule has 2 aromatic carbocycles. The van der Waals surface area contributed by atoms with Gasteiger partial charge in [0.2, 0.25) is 0 Å². The van der Waals surface area contributed by atoms with Crippen LogP contribution in [-0.2, 0) is 13.5 Å². The Balaban J connectivity index is 1.43. The van der Waals surface area contributed by atoms with Gasteiger partial charge in [0.25, 0.3) is 11.6 Å². The zero-order valence-corrected chi connectivity index (χ0v) is 18.0. The Kier molecular flexibility index (Phi) is 6.31. The van der Waals surface area contributed by atoms with Crippen molar-refractivity contribution in [1.82, 2.24) is 19.7 Å². The number of aryl methyl sites for hydroxylation is 1. The third-order valence-corrected chi connectivity index (χ3v) is 6.66. The van der Waals surface area contributed by atoms with E-state index in [4.69, 9.17) is 0 Å². The zero-order valence-electron chi connectivity index (χ0n) is 17.2. The van der Waals surface area contributed by atoms with Crippen LogP contribution >= 0.6 is 11.8 Å². The first kappa shape index (κ1) is 21.0. The van der Waals surface area contributed by atoms with Crippen molar-refractivity contribution in [3.8, 4) is 0 Å². The number of hydrogen-bond acceptors (Lipinski definition) is 6. The lowest BCUT2D eigenvalue weighted by molar-refractivity contribution is -0.387. The van der Waals surface area contributed by atoms with E-state index in [0.717, 1.165) is 31.0 Å². The third kappa shape index (κ3) is 4.93. The van der Waals surface area contributed by atoms with Crippen molar-refractivity contribution in [2.45, 2.75) is 29.3 Å². The molecule has 0 bridgehead atoms. The van der Waals surface area contributed by atoms with Crippen LogP contribution in [0, 0.1) is 16.0 Å². The smallest absolute Gasteiger partial charge is 0.284 e. The molecule has 1 aliphatic rings. The minimum absolute atomic E-state index is 0.0992. The molecule has 1 fully saturated rings. The molecule has 0 spiro atoms. The lowest BCUT2D eigenvalue weighted by Gasteiger charge is -2.32. The maximum atomic E-state index is 13.0. The van der Waals surface area contributed by atoms with Crippen LogP contribution in [0.25, 0.3) is 0 Å². The number of hydrogen-bond donors (Lipinski definition) is 0. The molecule has 1 aromatic heterocycles. The lowest BCUT2D eigenvalue weighted by Crippen LogP contribution is -2.38. The Hall–Kier alpha value is -3.20. The van der Waals surface area contributed by atoms with Crippen molar-refractivity contribution in [3.05, 3.63) is 76.1 Å². The predicted octanol–water partition coefficient (Wildman–Crippen LogP) is 3.97. The molecule has 4 rings (SSSR count). The molecule has 1 saturated heterocycles. The van der Waals surface area contributed by atoms with Gasteiger partial charge in [0, 0.05) is 31.8 Å². The summed E-state index contributed by atoms with van der Waals surface area (Å²) in [6, 6.07) is 15.0. The second kappa shape index (κ2) is 9.30. The van der Waals surface area contributed by atoms with Gasteiger partial charge < -0.3 is 9.47 Å². The second-order valence-corrected chi connectivity index (χ2v) is 8.70. The number of benzene rings is 2. The molecule has 160 valence electrons. The van der Waals surface area contributed by atoms with Crippen LogP contribution in [0.4, 0.5) is 5.69 Å². The molecule has 0 radical (unpaired) electrons. The number of nitrogens with zero attached hydrogens (tertiary/aromatic N) is 5. The van der Waals surface area contributed by atoms with E-state index in [9.17, 15) is 14.9 Å². The Morgan fingerprint density at radius 1 is 1.19 bits per heavy atom. The van der Waals surface area contributed by atoms with Gasteiger partial charge in [0.05, 0.1) is 9.82 Å². The molecule has 2 heterocycles. The van der Waals surface area contributed by atoms with Gasteiger partial charge in [-0.15, -0.1) is 10.2 Å². The van der Waals surface area contributed by atoms with Crippen molar-refractivity contribution in [2.75, 3.05) is 13.1 Å². The van der Waals surface area contributed by atoms with Crippen molar-refractivity contribution in [1.29, 1.82) is 0 Å². The summed E-state index contributed by atoms with van der Waals surface area (Å²) >= 11 is 1.16. The predicted molar refractivity (Wildman–Crippen MR) is 117 cm³/mol. The van der Waals surface area contributed by atoms with E-state index >= 15 is 0 Å². The van der Waals surface area contributed by atoms with Gasteiger partial charge >= 0.3 is 0 Å². The maximum Gasteiger partial charge on any atom is 0.284 e. The number of carbonyl (C=O) groups is 1. The Labute approximate surface area is 184 Å². The molecule has 0 saturated carbocycles. The van der Waals surface area contributed by atoms with Gasteiger partial charge in [0.15, 0.2) is 5.16 Å². The number of rotatable bonds is 6. The molecule has 8 nitrogen and oxygen atoms in total. The van der Waals surface area contributed by atoms with E-state index in [2.05, 4.69) is 22.3 Å². The minimum atomic E-state index is -0.457. The Morgan fingerprint density at radius 2 is 1.94 bits per heavy atom. The van der Waals surface area contributed by atoms with E-state index in [1.807, 2.05) is 18.2 Å². The quantitative estimate of drug-likeness (QED) is 0.428. The van der Waals surface area contributed by atoms with Crippen LogP contribution in [0.3, 0.4) is 0 Å². The van der Waals surface area contributed by atoms with E-state index in [1.165, 1.54) is 18.0 Å². The summed E-state index contributed by atoms with van der Waals surface area (Å²) in [5, 5.41) is 19.9. The van der Waals surface area contributed by atoms with E-state index in [-0.39, 0.29) is 11.6 Å². The van der Waals surface area contributed by atoms with Gasteiger partial charge in [0.1, 0.15) is 6.33 Å². The maximum absolute atomic E-state index is 13.0. The second-order valence-electron chi connectivity index (χ2n) is 7.69. The average molecular weight is 438 g/mol. The molecule has 31 heavy (non-hydrogen) atoms. The normalized spacial score (nSPS) is 14.5. The highest BCUT2D eigenvalue weighted by Gasteiger charge is 2.26. The van der Waals surface area contributed by atoms with Crippen molar-refractivity contribution >= 4 is 23.4 Å². The number of carbonyl (C=O) groups excluding carboxylic acids is 1. The monoisotopic (exact) mass is 437 g/mol. The highest BCUT2D eigenvalue weighted by molar-refractivity contribution is 7.99. The number of piperidine rings is 1. The molecule has 0 atom stereocenters. The fourth-order valence-electron chi connectivity index (χ4n) is 3.81. The summed E-state index contributed by atoms with van der Waals surface area (Å²) < 4.78 is 1.69. The minimum Gasteiger partial charge on any atom is -0.339 e. The first-order chi connectivity index (χ1) is 15.0. The Bertz CT molecular complexity index is 1080. The fraction of sp³-hybridized carbons (Fsp3) is 0.318. The van der Waals surface area contributed by atoms with Crippen LogP contribution in [0.2, 0.25) is 0 Å². The SMILES string of the molecule is Cn1cnnc1Sc1ccc(C(=O)N2CCC(Cc3ccccc3)CC2)cc1[N+](=O)[O-]. The molecule has 9 heteroatoms. The summed E-state index contributed by atoms with van der Waals surface area (Å²) in [7, 11) is 1.77. The molecular weight excluding hydrogens is 414 g/mol. The van der Waals surface area contributed by atoms with Gasteiger partial charge in [-0.05, 0) is 54.6 Å². The Morgan fingerprint density at radius 3 is 2.58 bits per heavy atom. The molecule has 3 aromatic rings. The number of nitro groups is 1. The van der Waals surface area contributed by atoms with Gasteiger partial charge in [-0.25, -0.2) is 0 Å². The van der Waals surface area contributed by atoms with Gasteiger partial charge in [-0.3, -0.25) is 14.9 Å². The standard InChI is InChI=1S/C22H23N5O3S/c1-25-15-23-24-22(25)31-20-8-7-18(14-19(20)27(29)30)21(28)26-11-9-17(10-12-26)13-16-5-3-2-4-6-16/h2-8,14-15,17H,9-13H2,1H3.